The molecule has 22 nitrogen and oxygen atoms in total. The number of piperazine rings is 1. The number of ether oxygens (including phenoxy) is 5. The number of fused-ring (bicyclic) bond motifs is 15. The molecule has 10 atom stereocenters. The van der Waals surface area contributed by atoms with Crippen molar-refractivity contribution in [3.8, 4) is 28.7 Å². The summed E-state index contributed by atoms with van der Waals surface area (Å²) in [4.78, 5) is 70.8. The van der Waals surface area contributed by atoms with E-state index in [0.717, 1.165) is 18.9 Å². The fourth-order valence-corrected chi connectivity index (χ4v) is 12.2. The molecular weight excluding hydrogens is 1080 g/mol. The van der Waals surface area contributed by atoms with Crippen LogP contribution in [0, 0.1) is 36.4 Å². The van der Waals surface area contributed by atoms with Gasteiger partial charge in [0.05, 0.1) is 71.0 Å². The molecule has 446 valence electrons. The minimum absolute atomic E-state index is 0.00315. The maximum atomic E-state index is 16.3. The minimum Gasteiger partial charge on any atom is -0.507 e. The normalized spacial score (nSPS) is 29.0. The van der Waals surface area contributed by atoms with Crippen molar-refractivity contribution in [2.45, 2.75) is 117 Å². The number of carbonyl (C=O) groups is 4. The summed E-state index contributed by atoms with van der Waals surface area (Å²) < 4.78 is 47.7. The number of nitrogens with one attached hydrogen (secondary N) is 1. The van der Waals surface area contributed by atoms with Gasteiger partial charge in [-0.3, -0.25) is 29.1 Å². The molecule has 1 amide bonds. The number of ketones is 1. The Labute approximate surface area is 478 Å². The number of aromatic carboxylic acids is 1. The number of methoxy groups -OCH3 is 2. The number of pyridine rings is 1. The number of aliphatic hydroxyl groups is 2. The van der Waals surface area contributed by atoms with Crippen LogP contribution >= 0.6 is 0 Å². The Balaban J connectivity index is 1.03. The number of phenolic OH excluding ortho intramolecular Hbond substituents is 3. The first-order valence-corrected chi connectivity index (χ1v) is 27.9. The molecule has 1 unspecified atom stereocenters. The van der Waals surface area contributed by atoms with E-state index in [0.29, 0.717) is 51.2 Å². The highest BCUT2D eigenvalue weighted by Crippen LogP contribution is 2.55. The predicted molar refractivity (Wildman–Crippen MR) is 305 cm³/mol. The number of anilines is 2. The van der Waals surface area contributed by atoms with Crippen LogP contribution in [0.2, 0.25) is 0 Å². The second-order valence-corrected chi connectivity index (χ2v) is 22.7. The van der Waals surface area contributed by atoms with Gasteiger partial charge in [0.2, 0.25) is 5.43 Å². The zero-order valence-corrected chi connectivity index (χ0v) is 48.1. The first kappa shape index (κ1) is 59.9. The molecular formula is C60H73FN6O16. The number of hydrogen-bond donors (Lipinski definition) is 7. The summed E-state index contributed by atoms with van der Waals surface area (Å²) in [5.41, 5.74) is -1.39. The van der Waals surface area contributed by atoms with E-state index in [9.17, 15) is 54.6 Å². The summed E-state index contributed by atoms with van der Waals surface area (Å²) in [5.74, 6) is -11.0. The van der Waals surface area contributed by atoms with Crippen LogP contribution in [0.15, 0.2) is 58.3 Å². The molecule has 0 radical (unpaired) electrons. The van der Waals surface area contributed by atoms with E-state index in [2.05, 4.69) is 10.2 Å². The molecule has 4 aromatic rings. The topological polar surface area (TPSA) is 292 Å². The van der Waals surface area contributed by atoms with Crippen LogP contribution in [0.4, 0.5) is 15.8 Å². The molecule has 6 heterocycles. The molecule has 10 rings (SSSR count). The monoisotopic (exact) mass is 1150 g/mol. The molecule has 83 heavy (non-hydrogen) atoms. The second kappa shape index (κ2) is 23.5. The summed E-state index contributed by atoms with van der Waals surface area (Å²) >= 11 is 0. The number of phenols is 3. The van der Waals surface area contributed by atoms with Gasteiger partial charge in [0, 0.05) is 119 Å². The number of halogens is 1. The summed E-state index contributed by atoms with van der Waals surface area (Å²) in [5, 5.41) is 77.9. The van der Waals surface area contributed by atoms with Crippen LogP contribution in [0.5, 0.6) is 28.7 Å². The van der Waals surface area contributed by atoms with E-state index < -0.39 is 112 Å². The van der Waals surface area contributed by atoms with Crippen LogP contribution in [0.3, 0.4) is 0 Å². The van der Waals surface area contributed by atoms with Gasteiger partial charge < -0.3 is 69.1 Å². The first-order chi connectivity index (χ1) is 39.3. The van der Waals surface area contributed by atoms with Crippen molar-refractivity contribution in [2.75, 3.05) is 63.7 Å². The van der Waals surface area contributed by atoms with E-state index in [1.807, 2.05) is 4.90 Å². The highest BCUT2D eigenvalue weighted by atomic mass is 19.1. The third-order valence-corrected chi connectivity index (χ3v) is 17.2. The highest BCUT2D eigenvalue weighted by molar-refractivity contribution is 6.24. The number of carboxylic acid groups (broad SMARTS) is 1. The summed E-state index contributed by atoms with van der Waals surface area (Å²) in [6.45, 7) is 14.9. The number of aliphatic hydroxyl groups excluding tert-OH is 2. The summed E-state index contributed by atoms with van der Waals surface area (Å²) in [7, 11) is 2.82. The number of nitrogens with zero attached hydrogens (tertiary/aromatic N) is 5. The largest absolute Gasteiger partial charge is 0.507 e. The number of benzene rings is 3. The summed E-state index contributed by atoms with van der Waals surface area (Å²) in [6, 6.07) is 1.01. The quantitative estimate of drug-likeness (QED) is 0.0408. The van der Waals surface area contributed by atoms with Gasteiger partial charge in [-0.15, -0.1) is 0 Å². The lowest BCUT2D eigenvalue weighted by Gasteiger charge is -2.38. The Morgan fingerprint density at radius 3 is 2.23 bits per heavy atom. The first-order valence-electron chi connectivity index (χ1n) is 27.9. The number of rotatable bonds is 9. The number of Topliss-reactive ketones (excluding diaryl/α,β-unsaturated/α-hetero) is 1. The van der Waals surface area contributed by atoms with Gasteiger partial charge in [-0.1, -0.05) is 45.9 Å². The Hall–Kier alpha value is -7.73. The van der Waals surface area contributed by atoms with E-state index in [1.165, 1.54) is 72.7 Å². The number of carbonyl (C=O) groups excluding carboxylic acids is 3. The Bertz CT molecular complexity index is 3460. The average molecular weight is 1150 g/mol. The van der Waals surface area contributed by atoms with E-state index in [4.69, 9.17) is 28.8 Å². The van der Waals surface area contributed by atoms with Crippen molar-refractivity contribution in [1.29, 1.82) is 0 Å². The van der Waals surface area contributed by atoms with Crippen molar-refractivity contribution in [3.05, 3.63) is 86.7 Å². The fraction of sp³-hybridized carbons (Fsp3) is 0.500. The van der Waals surface area contributed by atoms with Crippen molar-refractivity contribution < 1.29 is 77.9 Å². The number of aromatic nitrogens is 1. The SMILES string of the molecule is COc1c(N2CCC(N3CCN(/N=C/c4c5c(O)c6c(O)c(C)c7c(c6c4O)C(=O)[C@@](C)(O/C=C/[C@H](OC)[C@@H](C)[C@@H](OC(C)=O)[C@H](C)[C@H](O)[C@H](C)[C@@H](O)[C@H](C)/C=C/C=C(/C)C(=O)N5)O7)CC3)C2)c(F)cc2c(=O)c(C(=O)O)cn(C3CC3)c12. The molecule has 3 fully saturated rings. The van der Waals surface area contributed by atoms with Crippen molar-refractivity contribution >= 4 is 62.9 Å². The zero-order chi connectivity index (χ0) is 60.3. The van der Waals surface area contributed by atoms with Gasteiger partial charge in [0.25, 0.3) is 11.7 Å². The predicted octanol–water partition coefficient (Wildman–Crippen LogP) is 6.48. The van der Waals surface area contributed by atoms with E-state index in [1.54, 1.807) is 49.4 Å². The van der Waals surface area contributed by atoms with Gasteiger partial charge in [-0.25, -0.2) is 9.18 Å². The number of amides is 1. The van der Waals surface area contributed by atoms with E-state index >= 15 is 4.39 Å². The molecule has 23 heteroatoms. The number of carboxylic acids is 1. The lowest BCUT2D eigenvalue weighted by Crippen LogP contribution is -2.49. The third kappa shape index (κ3) is 11.1. The van der Waals surface area contributed by atoms with Crippen molar-refractivity contribution in [3.63, 3.8) is 0 Å². The molecule has 1 aliphatic carbocycles. The van der Waals surface area contributed by atoms with Gasteiger partial charge in [-0.05, 0) is 45.3 Å². The number of aromatic hydroxyl groups is 3. The number of allylic oxidation sites excluding steroid dienone is 2. The second-order valence-electron chi connectivity index (χ2n) is 22.7. The van der Waals surface area contributed by atoms with Crippen molar-refractivity contribution in [2.24, 2.45) is 28.8 Å². The summed E-state index contributed by atoms with van der Waals surface area (Å²) in [6.07, 6.45) is 8.01. The molecule has 2 saturated heterocycles. The van der Waals surface area contributed by atoms with Crippen LogP contribution in [0.25, 0.3) is 21.7 Å². The van der Waals surface area contributed by atoms with Gasteiger partial charge in [0.1, 0.15) is 34.6 Å². The Kier molecular flexibility index (Phi) is 17.0. The highest BCUT2D eigenvalue weighted by Gasteiger charge is 2.50. The molecule has 0 spiro atoms. The van der Waals surface area contributed by atoms with Gasteiger partial charge in [-0.2, -0.15) is 5.10 Å². The standard InChI is InChI=1S/C60H73FN6O16/c1-28-12-11-13-29(2)58(76)63-45-38(25-62-66-21-19-64(20-22-66)36-16-18-65(26-36)47-40(61)24-37-46(56(47)80-10)67(35-14-15-35)27-39(51(37)72)59(77)78)52(73)42-43(53(45)74)50(71)33(6)55-44(42)57(75)60(8,83-55)81-23-17-41(79-9)30(3)54(82-34(7)68)32(5)49(70)31(4)48(28)69/h11-13,17,23-25,27-28,30-32,35-36,41,48-49,54,69-71,73-74H,14-16,18-22,26H2,1-10H3,(H,63,76)(H,77,78)/b12-11+,23-17+,29-13-,62-25+/t28-,30-,31-,32-,36?,41+,48+,49-,54-,60+/m1/s1. The number of esters is 1. The Morgan fingerprint density at radius 1 is 0.892 bits per heavy atom. The minimum atomic E-state index is -2.13. The van der Waals surface area contributed by atoms with Crippen LogP contribution in [-0.4, -0.2) is 165 Å². The van der Waals surface area contributed by atoms with Crippen LogP contribution in [0.1, 0.15) is 106 Å². The van der Waals surface area contributed by atoms with E-state index in [-0.39, 0.29) is 73.4 Å². The number of hydrazone groups is 1. The molecule has 7 N–H and O–H groups in total. The lowest BCUT2D eigenvalue weighted by molar-refractivity contribution is -0.160. The lowest BCUT2D eigenvalue weighted by atomic mass is 9.78. The molecule has 1 aromatic heterocycles. The molecule has 5 bridgehead atoms. The maximum absolute atomic E-state index is 16.3. The third-order valence-electron chi connectivity index (χ3n) is 17.2. The smallest absolute Gasteiger partial charge is 0.341 e. The molecule has 3 aromatic carbocycles. The molecule has 6 aliphatic rings. The van der Waals surface area contributed by atoms with Crippen molar-refractivity contribution in [1.82, 2.24) is 14.5 Å². The fourth-order valence-electron chi connectivity index (χ4n) is 12.2. The zero-order valence-electron chi connectivity index (χ0n) is 48.1. The van der Waals surface area contributed by atoms with Crippen LogP contribution < -0.4 is 25.1 Å². The maximum Gasteiger partial charge on any atom is 0.341 e. The number of hydrogen-bond acceptors (Lipinski definition) is 19. The van der Waals surface area contributed by atoms with Gasteiger partial charge >= 0.3 is 17.7 Å². The molecule has 5 aliphatic heterocycles. The molecule has 1 saturated carbocycles. The Morgan fingerprint density at radius 2 is 1.59 bits per heavy atom. The van der Waals surface area contributed by atoms with Crippen LogP contribution in [-0.2, 0) is 23.8 Å². The average Bonchev–Trinajstić information content (AvgIpc) is 2.06. The van der Waals surface area contributed by atoms with Gasteiger partial charge in [0.15, 0.2) is 17.3 Å².